The van der Waals surface area contributed by atoms with Gasteiger partial charge in [0, 0.05) is 18.3 Å². The standard InChI is InChI=1S/C17H15Cl2NO4S/c1-10(21)20-8-7-11-5-6-15(25-11)14(22)9-24-17(23)12-3-2-4-13(18)16(12)19/h2-6H,7-9H2,1H3,(H,20,21). The number of hydrogen-bond donors (Lipinski definition) is 1. The summed E-state index contributed by atoms with van der Waals surface area (Å²) in [5.41, 5.74) is 0.115. The number of thiophene rings is 1. The van der Waals surface area contributed by atoms with Crippen molar-refractivity contribution in [1.82, 2.24) is 5.32 Å². The maximum atomic E-state index is 12.1. The van der Waals surface area contributed by atoms with Crippen molar-refractivity contribution in [1.29, 1.82) is 0 Å². The molecule has 0 aliphatic heterocycles. The van der Waals surface area contributed by atoms with Crippen LogP contribution in [0.5, 0.6) is 0 Å². The Balaban J connectivity index is 1.90. The summed E-state index contributed by atoms with van der Waals surface area (Å²) in [7, 11) is 0. The zero-order valence-electron chi connectivity index (χ0n) is 13.3. The van der Waals surface area contributed by atoms with Crippen LogP contribution in [-0.4, -0.2) is 30.8 Å². The Morgan fingerprint density at radius 2 is 1.92 bits per heavy atom. The molecule has 0 saturated carbocycles. The van der Waals surface area contributed by atoms with Gasteiger partial charge in [0.1, 0.15) is 0 Å². The first-order chi connectivity index (χ1) is 11.9. The van der Waals surface area contributed by atoms with E-state index in [1.54, 1.807) is 18.2 Å². The Kier molecular flexibility index (Phi) is 6.99. The first kappa shape index (κ1) is 19.4. The van der Waals surface area contributed by atoms with E-state index in [9.17, 15) is 14.4 Å². The predicted octanol–water partition coefficient (Wildman–Crippen LogP) is 3.77. The molecule has 0 unspecified atom stereocenters. The van der Waals surface area contributed by atoms with Crippen molar-refractivity contribution < 1.29 is 19.1 Å². The Hall–Kier alpha value is -1.89. The summed E-state index contributed by atoms with van der Waals surface area (Å²) in [6, 6.07) is 8.10. The molecule has 0 saturated heterocycles. The molecule has 132 valence electrons. The first-order valence-electron chi connectivity index (χ1n) is 7.36. The second-order valence-corrected chi connectivity index (χ2v) is 7.05. The van der Waals surface area contributed by atoms with Gasteiger partial charge in [0.05, 0.1) is 20.5 Å². The fourth-order valence-electron chi connectivity index (χ4n) is 1.97. The van der Waals surface area contributed by atoms with Gasteiger partial charge >= 0.3 is 5.97 Å². The monoisotopic (exact) mass is 399 g/mol. The van der Waals surface area contributed by atoms with E-state index in [1.165, 1.54) is 24.3 Å². The molecule has 5 nitrogen and oxygen atoms in total. The van der Waals surface area contributed by atoms with E-state index in [4.69, 9.17) is 27.9 Å². The molecule has 0 aliphatic carbocycles. The van der Waals surface area contributed by atoms with Crippen molar-refractivity contribution in [3.8, 4) is 0 Å². The molecule has 0 spiro atoms. The summed E-state index contributed by atoms with van der Waals surface area (Å²) in [4.78, 5) is 36.4. The van der Waals surface area contributed by atoms with E-state index < -0.39 is 5.97 Å². The van der Waals surface area contributed by atoms with Crippen molar-refractivity contribution in [2.75, 3.05) is 13.2 Å². The number of halogens is 2. The molecule has 25 heavy (non-hydrogen) atoms. The highest BCUT2D eigenvalue weighted by Crippen LogP contribution is 2.26. The normalized spacial score (nSPS) is 10.4. The maximum Gasteiger partial charge on any atom is 0.340 e. The summed E-state index contributed by atoms with van der Waals surface area (Å²) >= 11 is 13.1. The van der Waals surface area contributed by atoms with E-state index in [-0.39, 0.29) is 33.9 Å². The zero-order chi connectivity index (χ0) is 18.4. The first-order valence-corrected chi connectivity index (χ1v) is 8.93. The van der Waals surface area contributed by atoms with Crippen LogP contribution in [0.4, 0.5) is 0 Å². The van der Waals surface area contributed by atoms with Gasteiger partial charge in [0.15, 0.2) is 6.61 Å². The van der Waals surface area contributed by atoms with E-state index >= 15 is 0 Å². The highest BCUT2D eigenvalue weighted by atomic mass is 35.5. The molecule has 2 aromatic rings. The van der Waals surface area contributed by atoms with Crippen LogP contribution in [-0.2, 0) is 16.0 Å². The molecule has 1 aromatic heterocycles. The molecule has 0 bridgehead atoms. The molecule has 0 fully saturated rings. The number of ether oxygens (including phenoxy) is 1. The Morgan fingerprint density at radius 3 is 2.64 bits per heavy atom. The van der Waals surface area contributed by atoms with Gasteiger partial charge in [-0.3, -0.25) is 9.59 Å². The van der Waals surface area contributed by atoms with Gasteiger partial charge in [-0.2, -0.15) is 0 Å². The number of Topliss-reactive ketones (excluding diaryl/α,β-unsaturated/α-hetero) is 1. The van der Waals surface area contributed by atoms with Crippen molar-refractivity contribution in [3.63, 3.8) is 0 Å². The van der Waals surface area contributed by atoms with Gasteiger partial charge in [-0.15, -0.1) is 11.3 Å². The molecule has 8 heteroatoms. The van der Waals surface area contributed by atoms with Crippen molar-refractivity contribution in [2.45, 2.75) is 13.3 Å². The Bertz CT molecular complexity index is 804. The van der Waals surface area contributed by atoms with E-state index in [0.29, 0.717) is 17.8 Å². The van der Waals surface area contributed by atoms with Crippen LogP contribution in [0.1, 0.15) is 31.8 Å². The van der Waals surface area contributed by atoms with Crippen LogP contribution < -0.4 is 5.32 Å². The lowest BCUT2D eigenvalue weighted by Crippen LogP contribution is -2.22. The molecule has 0 radical (unpaired) electrons. The zero-order valence-corrected chi connectivity index (χ0v) is 15.6. The third-order valence-corrected chi connectivity index (χ3v) is 5.19. The van der Waals surface area contributed by atoms with E-state index in [2.05, 4.69) is 5.32 Å². The minimum Gasteiger partial charge on any atom is -0.454 e. The van der Waals surface area contributed by atoms with Crippen molar-refractivity contribution >= 4 is 52.2 Å². The summed E-state index contributed by atoms with van der Waals surface area (Å²) in [6.45, 7) is 1.57. The number of ketones is 1. The number of esters is 1. The summed E-state index contributed by atoms with van der Waals surface area (Å²) in [6.07, 6.45) is 0.634. The number of rotatable bonds is 7. The number of carbonyl (C=O) groups excluding carboxylic acids is 3. The van der Waals surface area contributed by atoms with Gasteiger partial charge in [0.25, 0.3) is 0 Å². The van der Waals surface area contributed by atoms with Crippen molar-refractivity contribution in [2.24, 2.45) is 0 Å². The molecular formula is C17H15Cl2NO4S. The van der Waals surface area contributed by atoms with Crippen LogP contribution in [0, 0.1) is 0 Å². The summed E-state index contributed by atoms with van der Waals surface area (Å²) in [5, 5.41) is 3.03. The molecule has 0 aliphatic rings. The van der Waals surface area contributed by atoms with Gasteiger partial charge in [-0.1, -0.05) is 29.3 Å². The van der Waals surface area contributed by atoms with Gasteiger partial charge in [-0.25, -0.2) is 4.79 Å². The Labute approximate surface area is 158 Å². The van der Waals surface area contributed by atoms with E-state index in [1.807, 2.05) is 6.07 Å². The topological polar surface area (TPSA) is 72.5 Å². The van der Waals surface area contributed by atoms with Gasteiger partial charge in [0.2, 0.25) is 11.7 Å². The predicted molar refractivity (Wildman–Crippen MR) is 97.8 cm³/mol. The third-order valence-electron chi connectivity index (χ3n) is 3.19. The second-order valence-electron chi connectivity index (χ2n) is 5.10. The molecule has 1 aromatic carbocycles. The average Bonchev–Trinajstić information content (AvgIpc) is 3.03. The SMILES string of the molecule is CC(=O)NCCc1ccc(C(=O)COC(=O)c2cccc(Cl)c2Cl)s1. The lowest BCUT2D eigenvalue weighted by Gasteiger charge is -2.06. The molecule has 2 rings (SSSR count). The summed E-state index contributed by atoms with van der Waals surface area (Å²) in [5.74, 6) is -1.11. The number of hydrogen-bond acceptors (Lipinski definition) is 5. The molecular weight excluding hydrogens is 385 g/mol. The van der Waals surface area contributed by atoms with E-state index in [0.717, 1.165) is 4.88 Å². The quantitative estimate of drug-likeness (QED) is 0.567. The minimum absolute atomic E-state index is 0.0954. The Morgan fingerprint density at radius 1 is 1.16 bits per heavy atom. The summed E-state index contributed by atoms with van der Waals surface area (Å²) < 4.78 is 5.02. The van der Waals surface area contributed by atoms with Gasteiger partial charge in [-0.05, 0) is 30.7 Å². The smallest absolute Gasteiger partial charge is 0.340 e. The third kappa shape index (κ3) is 5.56. The number of carbonyl (C=O) groups is 3. The highest BCUT2D eigenvalue weighted by molar-refractivity contribution is 7.14. The number of amides is 1. The second kappa shape index (κ2) is 8.99. The van der Waals surface area contributed by atoms with Crippen LogP contribution in [0.2, 0.25) is 10.0 Å². The fourth-order valence-corrected chi connectivity index (χ4v) is 3.27. The van der Waals surface area contributed by atoms with Crippen LogP contribution in [0.25, 0.3) is 0 Å². The average molecular weight is 400 g/mol. The molecule has 1 N–H and O–H groups in total. The van der Waals surface area contributed by atoms with Crippen LogP contribution in [0.15, 0.2) is 30.3 Å². The molecule has 1 heterocycles. The van der Waals surface area contributed by atoms with Crippen LogP contribution >= 0.6 is 34.5 Å². The minimum atomic E-state index is -0.705. The fraction of sp³-hybridized carbons (Fsp3) is 0.235. The van der Waals surface area contributed by atoms with Gasteiger partial charge < -0.3 is 10.1 Å². The highest BCUT2D eigenvalue weighted by Gasteiger charge is 2.17. The maximum absolute atomic E-state index is 12.1. The molecule has 1 amide bonds. The van der Waals surface area contributed by atoms with Crippen molar-refractivity contribution in [3.05, 3.63) is 55.7 Å². The lowest BCUT2D eigenvalue weighted by atomic mass is 10.2. The number of benzene rings is 1. The largest absolute Gasteiger partial charge is 0.454 e. The lowest BCUT2D eigenvalue weighted by molar-refractivity contribution is -0.118. The molecule has 0 atom stereocenters. The number of nitrogens with one attached hydrogen (secondary N) is 1. The van der Waals surface area contributed by atoms with Crippen LogP contribution in [0.3, 0.4) is 0 Å².